The summed E-state index contributed by atoms with van der Waals surface area (Å²) in [4.78, 5) is 19.2. The van der Waals surface area contributed by atoms with E-state index < -0.39 is 0 Å². The van der Waals surface area contributed by atoms with Crippen LogP contribution < -0.4 is 11.1 Å². The molecule has 1 atom stereocenters. The van der Waals surface area contributed by atoms with Gasteiger partial charge < -0.3 is 25.4 Å². The summed E-state index contributed by atoms with van der Waals surface area (Å²) in [7, 11) is 0. The van der Waals surface area contributed by atoms with Gasteiger partial charge in [-0.2, -0.15) is 0 Å². The van der Waals surface area contributed by atoms with E-state index >= 15 is 0 Å². The molecule has 1 aliphatic rings. The zero-order valence-corrected chi connectivity index (χ0v) is 15.8. The highest BCUT2D eigenvalue weighted by Gasteiger charge is 2.23. The Morgan fingerprint density at radius 1 is 1.17 bits per heavy atom. The van der Waals surface area contributed by atoms with Crippen molar-refractivity contribution in [1.82, 2.24) is 19.9 Å². The molecule has 5 rings (SSSR count). The lowest BCUT2D eigenvalue weighted by Gasteiger charge is -2.23. The van der Waals surface area contributed by atoms with E-state index in [1.165, 1.54) is 5.56 Å². The van der Waals surface area contributed by atoms with Gasteiger partial charge in [0.1, 0.15) is 18.0 Å². The molecule has 0 spiro atoms. The number of allylic oxidation sites excluding steroid dienone is 1. The first kappa shape index (κ1) is 17.5. The van der Waals surface area contributed by atoms with Gasteiger partial charge >= 0.3 is 0 Å². The van der Waals surface area contributed by atoms with Crippen LogP contribution >= 0.6 is 0 Å². The Morgan fingerprint density at radius 2 is 2.00 bits per heavy atom. The van der Waals surface area contributed by atoms with Crippen LogP contribution in [0.4, 0.5) is 0 Å². The predicted molar refractivity (Wildman–Crippen MR) is 114 cm³/mol. The largest absolute Gasteiger partial charge is 0.375 e. The second-order valence-electron chi connectivity index (χ2n) is 7.24. The number of rotatable bonds is 5. The number of carbonyl (C=O) groups is 1. The van der Waals surface area contributed by atoms with Crippen LogP contribution in [0.5, 0.6) is 0 Å². The van der Waals surface area contributed by atoms with Crippen LogP contribution in [0.15, 0.2) is 67.3 Å². The minimum atomic E-state index is -0.365. The smallest absolute Gasteiger partial charge is 0.148 e. The Balaban J connectivity index is 1.54. The van der Waals surface area contributed by atoms with Crippen LogP contribution in [0.2, 0.25) is 0 Å². The molecule has 3 aromatic heterocycles. The number of hydrogen-bond acceptors (Lipinski definition) is 4. The summed E-state index contributed by atoms with van der Waals surface area (Å²) in [5, 5.41) is 4.29. The highest BCUT2D eigenvalue weighted by Crippen LogP contribution is 2.34. The molecular weight excluding hydrogens is 362 g/mol. The van der Waals surface area contributed by atoms with Gasteiger partial charge in [-0.3, -0.25) is 0 Å². The van der Waals surface area contributed by atoms with E-state index in [0.29, 0.717) is 6.54 Å². The van der Waals surface area contributed by atoms with Gasteiger partial charge in [-0.15, -0.1) is 0 Å². The molecule has 144 valence electrons. The number of nitrogens with zero attached hydrogens (tertiary/aromatic N) is 2. The lowest BCUT2D eigenvalue weighted by atomic mass is 10.1. The van der Waals surface area contributed by atoms with E-state index in [1.807, 2.05) is 18.5 Å². The third kappa shape index (κ3) is 3.03. The summed E-state index contributed by atoms with van der Waals surface area (Å²) in [5.74, 6) is 0. The Hall–Kier alpha value is -3.64. The van der Waals surface area contributed by atoms with Gasteiger partial charge in [0.05, 0.1) is 5.69 Å². The number of benzene rings is 1. The van der Waals surface area contributed by atoms with Crippen LogP contribution in [0.3, 0.4) is 0 Å². The first-order valence-electron chi connectivity index (χ1n) is 9.60. The standard InChI is InChI=1S/C23H21N5O/c24-10-16-5-3-15(4-6-16)8-18-11-26-21(14-29)22-9-17(13-28(18)22)20-12-27-23-19(20)2-1-7-25-23/h1-7,9,11-14,21,26H,8,10,24H2,(H,25,27). The van der Waals surface area contributed by atoms with Crippen LogP contribution in [0.1, 0.15) is 22.9 Å². The quantitative estimate of drug-likeness (QED) is 0.461. The molecule has 0 radical (unpaired) electrons. The summed E-state index contributed by atoms with van der Waals surface area (Å²) >= 11 is 0. The maximum absolute atomic E-state index is 11.6. The highest BCUT2D eigenvalue weighted by atomic mass is 16.1. The van der Waals surface area contributed by atoms with Crippen LogP contribution in [0.25, 0.3) is 27.9 Å². The molecule has 6 nitrogen and oxygen atoms in total. The van der Waals surface area contributed by atoms with Crippen molar-refractivity contribution in [2.24, 2.45) is 5.73 Å². The Labute approximate surface area is 168 Å². The molecule has 1 unspecified atom stereocenters. The summed E-state index contributed by atoms with van der Waals surface area (Å²) in [5.41, 5.74) is 13.0. The zero-order chi connectivity index (χ0) is 19.8. The molecule has 0 aliphatic carbocycles. The number of aldehydes is 1. The first-order valence-corrected chi connectivity index (χ1v) is 9.60. The Kier molecular flexibility index (Phi) is 4.26. The maximum atomic E-state index is 11.6. The van der Waals surface area contributed by atoms with Crippen molar-refractivity contribution < 1.29 is 4.79 Å². The third-order valence-corrected chi connectivity index (χ3v) is 5.45. The van der Waals surface area contributed by atoms with E-state index in [-0.39, 0.29) is 6.04 Å². The molecule has 4 heterocycles. The fourth-order valence-electron chi connectivity index (χ4n) is 3.90. The van der Waals surface area contributed by atoms with E-state index in [0.717, 1.165) is 51.8 Å². The van der Waals surface area contributed by atoms with Gasteiger partial charge in [0.15, 0.2) is 0 Å². The fraction of sp³-hybridized carbons (Fsp3) is 0.130. The fourth-order valence-corrected chi connectivity index (χ4v) is 3.90. The van der Waals surface area contributed by atoms with Crippen LogP contribution in [-0.4, -0.2) is 20.8 Å². The van der Waals surface area contributed by atoms with Gasteiger partial charge in [0.2, 0.25) is 0 Å². The second-order valence-corrected chi connectivity index (χ2v) is 7.24. The van der Waals surface area contributed by atoms with Crippen LogP contribution in [0, 0.1) is 0 Å². The van der Waals surface area contributed by atoms with E-state index in [4.69, 9.17) is 5.73 Å². The number of nitrogens with two attached hydrogens (primary N) is 1. The minimum Gasteiger partial charge on any atom is -0.375 e. The van der Waals surface area contributed by atoms with Crippen molar-refractivity contribution in [3.8, 4) is 11.1 Å². The lowest BCUT2D eigenvalue weighted by molar-refractivity contribution is -0.109. The average Bonchev–Trinajstić information content (AvgIpc) is 3.39. The lowest BCUT2D eigenvalue weighted by Crippen LogP contribution is -2.26. The van der Waals surface area contributed by atoms with Gasteiger partial charge in [-0.05, 0) is 29.3 Å². The SMILES string of the molecule is NCc1ccc(CC2=CNC(C=O)c3cc(-c4c[nH]c5ncccc45)cn32)cc1. The van der Waals surface area contributed by atoms with Crippen molar-refractivity contribution >= 4 is 23.0 Å². The van der Waals surface area contributed by atoms with Crippen molar-refractivity contribution in [2.75, 3.05) is 0 Å². The number of aromatic nitrogens is 3. The third-order valence-electron chi connectivity index (χ3n) is 5.45. The maximum Gasteiger partial charge on any atom is 0.148 e. The first-order chi connectivity index (χ1) is 14.3. The number of fused-ring (bicyclic) bond motifs is 2. The van der Waals surface area contributed by atoms with Gasteiger partial charge in [0.25, 0.3) is 0 Å². The molecule has 4 aromatic rings. The molecule has 1 aliphatic heterocycles. The van der Waals surface area contributed by atoms with Gasteiger partial charge in [-0.1, -0.05) is 24.3 Å². The summed E-state index contributed by atoms with van der Waals surface area (Å²) in [6.45, 7) is 0.538. The van der Waals surface area contributed by atoms with Crippen LogP contribution in [-0.2, 0) is 17.8 Å². The summed E-state index contributed by atoms with van der Waals surface area (Å²) in [6.07, 6.45) is 9.47. The molecule has 0 fully saturated rings. The van der Waals surface area contributed by atoms with E-state index in [9.17, 15) is 4.79 Å². The Morgan fingerprint density at radius 3 is 2.79 bits per heavy atom. The molecule has 6 heteroatoms. The molecule has 0 bridgehead atoms. The topological polar surface area (TPSA) is 88.7 Å². The molecule has 0 amide bonds. The van der Waals surface area contributed by atoms with E-state index in [2.05, 4.69) is 62.4 Å². The molecular formula is C23H21N5O. The zero-order valence-electron chi connectivity index (χ0n) is 15.8. The Bertz CT molecular complexity index is 1220. The molecule has 4 N–H and O–H groups in total. The number of hydrogen-bond donors (Lipinski definition) is 3. The van der Waals surface area contributed by atoms with Gasteiger partial charge in [-0.25, -0.2) is 4.98 Å². The van der Waals surface area contributed by atoms with E-state index in [1.54, 1.807) is 6.20 Å². The summed E-state index contributed by atoms with van der Waals surface area (Å²) in [6, 6.07) is 14.0. The number of carbonyl (C=O) groups excluding carboxylic acids is 1. The minimum absolute atomic E-state index is 0.365. The molecule has 0 saturated heterocycles. The monoisotopic (exact) mass is 383 g/mol. The number of nitrogens with one attached hydrogen (secondary N) is 2. The normalized spacial score (nSPS) is 15.6. The second kappa shape index (κ2) is 7.07. The van der Waals surface area contributed by atoms with Crippen molar-refractivity contribution in [1.29, 1.82) is 0 Å². The highest BCUT2D eigenvalue weighted by molar-refractivity contribution is 5.94. The molecule has 29 heavy (non-hydrogen) atoms. The molecule has 0 saturated carbocycles. The average molecular weight is 383 g/mol. The molecule has 1 aromatic carbocycles. The summed E-state index contributed by atoms with van der Waals surface area (Å²) < 4.78 is 2.12. The van der Waals surface area contributed by atoms with Crippen molar-refractivity contribution in [3.05, 3.63) is 84.1 Å². The predicted octanol–water partition coefficient (Wildman–Crippen LogP) is 3.37. The number of aromatic amines is 1. The van der Waals surface area contributed by atoms with Crippen molar-refractivity contribution in [2.45, 2.75) is 19.0 Å². The van der Waals surface area contributed by atoms with Crippen molar-refractivity contribution in [3.63, 3.8) is 0 Å². The van der Waals surface area contributed by atoms with Gasteiger partial charge in [0, 0.05) is 60.0 Å². The number of pyridine rings is 1. The number of H-pyrrole nitrogens is 1.